The van der Waals surface area contributed by atoms with E-state index in [1.54, 1.807) is 7.11 Å². The summed E-state index contributed by atoms with van der Waals surface area (Å²) in [7, 11) is 3.01. The van der Waals surface area contributed by atoms with Crippen molar-refractivity contribution in [2.24, 2.45) is 0 Å². The van der Waals surface area contributed by atoms with Gasteiger partial charge in [-0.15, -0.1) is 0 Å². The van der Waals surface area contributed by atoms with E-state index in [2.05, 4.69) is 5.32 Å². The highest BCUT2D eigenvalue weighted by molar-refractivity contribution is 5.91. The third-order valence-electron chi connectivity index (χ3n) is 4.47. The summed E-state index contributed by atoms with van der Waals surface area (Å²) in [6.45, 7) is -0.0558. The van der Waals surface area contributed by atoms with E-state index in [1.807, 2.05) is 24.3 Å². The first-order valence-electron chi connectivity index (χ1n) is 7.71. The molecule has 1 unspecified atom stereocenters. The van der Waals surface area contributed by atoms with Gasteiger partial charge in [-0.1, -0.05) is 25.0 Å². The Morgan fingerprint density at radius 1 is 1.22 bits per heavy atom. The van der Waals surface area contributed by atoms with E-state index in [-0.39, 0.29) is 12.5 Å². The van der Waals surface area contributed by atoms with Crippen LogP contribution in [-0.4, -0.2) is 43.9 Å². The number of rotatable bonds is 7. The van der Waals surface area contributed by atoms with E-state index in [1.165, 1.54) is 7.11 Å². The molecule has 0 bridgehead atoms. The van der Waals surface area contributed by atoms with E-state index < -0.39 is 17.4 Å². The van der Waals surface area contributed by atoms with Crippen LogP contribution in [0.25, 0.3) is 0 Å². The van der Waals surface area contributed by atoms with Gasteiger partial charge in [0.2, 0.25) is 5.91 Å². The average molecular weight is 321 g/mol. The molecule has 1 saturated carbocycles. The minimum absolute atomic E-state index is 0.0558. The molecular formula is C17H23NO5. The highest BCUT2D eigenvalue weighted by Gasteiger charge is 2.43. The number of ether oxygens (including phenoxy) is 2. The fourth-order valence-corrected chi connectivity index (χ4v) is 3.17. The molecule has 2 rings (SSSR count). The van der Waals surface area contributed by atoms with E-state index in [9.17, 15) is 14.7 Å². The first kappa shape index (κ1) is 17.3. The molecule has 0 radical (unpaired) electrons. The number of amides is 1. The van der Waals surface area contributed by atoms with Crippen LogP contribution in [0.2, 0.25) is 0 Å². The number of hydrogen-bond donors (Lipinski definition) is 2. The second kappa shape index (κ2) is 7.46. The largest absolute Gasteiger partial charge is 0.497 e. The number of hydrogen-bond acceptors (Lipinski definition) is 4. The Balaban J connectivity index is 2.25. The number of carbonyl (C=O) groups excluding carboxylic acids is 1. The fraction of sp³-hybridized carbons (Fsp3) is 0.529. The summed E-state index contributed by atoms with van der Waals surface area (Å²) >= 11 is 0. The standard InChI is InChI=1S/C17H23NO5/c1-22-11-14(15(19)20)18-16(21)17(9-3-4-10-17)12-5-7-13(23-2)8-6-12/h5-8,14H,3-4,9-11H2,1-2H3,(H,18,21)(H,19,20). The van der Waals surface area contributed by atoms with Gasteiger partial charge in [0.25, 0.3) is 0 Å². The average Bonchev–Trinajstić information content (AvgIpc) is 3.05. The maximum atomic E-state index is 12.9. The summed E-state index contributed by atoms with van der Waals surface area (Å²) in [6, 6.07) is 6.38. The van der Waals surface area contributed by atoms with Crippen molar-refractivity contribution < 1.29 is 24.2 Å². The third kappa shape index (κ3) is 3.64. The van der Waals surface area contributed by atoms with Gasteiger partial charge in [0, 0.05) is 7.11 Å². The van der Waals surface area contributed by atoms with E-state index >= 15 is 0 Å². The van der Waals surface area contributed by atoms with Crippen LogP contribution in [0, 0.1) is 0 Å². The van der Waals surface area contributed by atoms with Gasteiger partial charge in [0.15, 0.2) is 6.04 Å². The molecule has 0 aromatic heterocycles. The van der Waals surface area contributed by atoms with Gasteiger partial charge in [-0.2, -0.15) is 0 Å². The normalized spacial score (nSPS) is 17.5. The molecule has 1 aromatic carbocycles. The zero-order chi connectivity index (χ0) is 16.9. The topological polar surface area (TPSA) is 84.9 Å². The number of carboxylic acids is 1. The van der Waals surface area contributed by atoms with Crippen molar-refractivity contribution in [2.45, 2.75) is 37.1 Å². The van der Waals surface area contributed by atoms with Crippen LogP contribution in [-0.2, 0) is 19.7 Å². The molecule has 0 spiro atoms. The molecule has 0 heterocycles. The number of benzene rings is 1. The van der Waals surface area contributed by atoms with Gasteiger partial charge in [-0.3, -0.25) is 4.79 Å². The Bertz CT molecular complexity index is 549. The Morgan fingerprint density at radius 2 is 1.83 bits per heavy atom. The van der Waals surface area contributed by atoms with Crippen LogP contribution in [0.3, 0.4) is 0 Å². The predicted octanol–water partition coefficient (Wildman–Crippen LogP) is 1.72. The summed E-state index contributed by atoms with van der Waals surface area (Å²) in [4.78, 5) is 24.1. The molecule has 2 N–H and O–H groups in total. The molecule has 126 valence electrons. The molecular weight excluding hydrogens is 298 g/mol. The smallest absolute Gasteiger partial charge is 0.328 e. The van der Waals surface area contributed by atoms with Crippen molar-refractivity contribution in [3.8, 4) is 5.75 Å². The van der Waals surface area contributed by atoms with Crippen molar-refractivity contribution in [3.05, 3.63) is 29.8 Å². The minimum atomic E-state index is -1.09. The predicted molar refractivity (Wildman–Crippen MR) is 84.6 cm³/mol. The maximum absolute atomic E-state index is 12.9. The number of carbonyl (C=O) groups is 2. The zero-order valence-corrected chi connectivity index (χ0v) is 13.5. The molecule has 1 aromatic rings. The monoisotopic (exact) mass is 321 g/mol. The molecule has 6 heteroatoms. The zero-order valence-electron chi connectivity index (χ0n) is 13.5. The molecule has 1 fully saturated rings. The Kier molecular flexibility index (Phi) is 5.60. The fourth-order valence-electron chi connectivity index (χ4n) is 3.17. The lowest BCUT2D eigenvalue weighted by Gasteiger charge is -2.30. The highest BCUT2D eigenvalue weighted by Crippen LogP contribution is 2.41. The summed E-state index contributed by atoms with van der Waals surface area (Å²) < 4.78 is 10.0. The van der Waals surface area contributed by atoms with Crippen LogP contribution in [0.4, 0.5) is 0 Å². The number of carboxylic acid groups (broad SMARTS) is 1. The highest BCUT2D eigenvalue weighted by atomic mass is 16.5. The first-order valence-corrected chi connectivity index (χ1v) is 7.71. The van der Waals surface area contributed by atoms with Gasteiger partial charge in [0.1, 0.15) is 5.75 Å². The lowest BCUT2D eigenvalue weighted by molar-refractivity contribution is -0.144. The molecule has 0 aliphatic heterocycles. The van der Waals surface area contributed by atoms with E-state index in [4.69, 9.17) is 9.47 Å². The number of aliphatic carboxylic acids is 1. The molecule has 1 aliphatic rings. The maximum Gasteiger partial charge on any atom is 0.328 e. The lowest BCUT2D eigenvalue weighted by Crippen LogP contribution is -2.51. The molecule has 23 heavy (non-hydrogen) atoms. The quantitative estimate of drug-likeness (QED) is 0.799. The van der Waals surface area contributed by atoms with Gasteiger partial charge >= 0.3 is 5.97 Å². The van der Waals surface area contributed by atoms with E-state index in [0.717, 1.165) is 24.2 Å². The van der Waals surface area contributed by atoms with Crippen LogP contribution >= 0.6 is 0 Å². The lowest BCUT2D eigenvalue weighted by atomic mass is 9.77. The van der Waals surface area contributed by atoms with Gasteiger partial charge in [-0.05, 0) is 30.5 Å². The number of nitrogens with one attached hydrogen (secondary N) is 1. The summed E-state index contributed by atoms with van der Waals surface area (Å²) in [6.07, 6.45) is 3.32. The van der Waals surface area contributed by atoms with Crippen molar-refractivity contribution >= 4 is 11.9 Å². The molecule has 1 atom stereocenters. The second-order valence-electron chi connectivity index (χ2n) is 5.84. The number of methoxy groups -OCH3 is 2. The Hall–Kier alpha value is -2.08. The Labute approximate surface area is 135 Å². The SMILES string of the molecule is COCC(NC(=O)C1(c2ccc(OC)cc2)CCCC1)C(=O)O. The van der Waals surface area contributed by atoms with Crippen LogP contribution < -0.4 is 10.1 Å². The van der Waals surface area contributed by atoms with E-state index in [0.29, 0.717) is 12.8 Å². The van der Waals surface area contributed by atoms with Crippen molar-refractivity contribution in [2.75, 3.05) is 20.8 Å². The molecule has 0 saturated heterocycles. The van der Waals surface area contributed by atoms with Crippen LogP contribution in [0.1, 0.15) is 31.2 Å². The van der Waals surface area contributed by atoms with Gasteiger partial charge < -0.3 is 19.9 Å². The summed E-state index contributed by atoms with van der Waals surface area (Å²) in [5, 5.41) is 11.8. The Morgan fingerprint density at radius 3 is 2.30 bits per heavy atom. The van der Waals surface area contributed by atoms with Crippen molar-refractivity contribution in [1.82, 2.24) is 5.32 Å². The molecule has 1 aliphatic carbocycles. The van der Waals surface area contributed by atoms with Crippen molar-refractivity contribution in [3.63, 3.8) is 0 Å². The van der Waals surface area contributed by atoms with Gasteiger partial charge in [-0.25, -0.2) is 4.79 Å². The molecule has 1 amide bonds. The van der Waals surface area contributed by atoms with Crippen LogP contribution in [0.15, 0.2) is 24.3 Å². The van der Waals surface area contributed by atoms with Crippen LogP contribution in [0.5, 0.6) is 5.75 Å². The summed E-state index contributed by atoms with van der Waals surface area (Å²) in [5.74, 6) is -0.613. The molecule has 6 nitrogen and oxygen atoms in total. The summed E-state index contributed by atoms with van der Waals surface area (Å²) in [5.41, 5.74) is 0.225. The van der Waals surface area contributed by atoms with Crippen molar-refractivity contribution in [1.29, 1.82) is 0 Å². The minimum Gasteiger partial charge on any atom is -0.497 e. The third-order valence-corrected chi connectivity index (χ3v) is 4.47. The van der Waals surface area contributed by atoms with Gasteiger partial charge in [0.05, 0.1) is 19.1 Å². The second-order valence-corrected chi connectivity index (χ2v) is 5.84. The first-order chi connectivity index (χ1) is 11.0.